The van der Waals surface area contributed by atoms with E-state index in [0.717, 1.165) is 13.1 Å². The molecule has 90 valence electrons. The summed E-state index contributed by atoms with van der Waals surface area (Å²) in [7, 11) is 1.79. The maximum Gasteiger partial charge on any atom is 0.223 e. The quantitative estimate of drug-likeness (QED) is 0.692. The molecule has 4 N–H and O–H groups in total. The summed E-state index contributed by atoms with van der Waals surface area (Å²) in [6, 6.07) is 1.81. The van der Waals surface area contributed by atoms with E-state index < -0.39 is 0 Å². The van der Waals surface area contributed by atoms with Gasteiger partial charge < -0.3 is 20.9 Å². The maximum atomic E-state index is 5.58. The van der Waals surface area contributed by atoms with Gasteiger partial charge in [0.2, 0.25) is 5.95 Å². The van der Waals surface area contributed by atoms with Crippen molar-refractivity contribution in [1.29, 1.82) is 0 Å². The van der Waals surface area contributed by atoms with Gasteiger partial charge in [-0.2, -0.15) is 9.97 Å². The molecule has 0 aliphatic carbocycles. The summed E-state index contributed by atoms with van der Waals surface area (Å²) in [6.07, 6.45) is 5.44. The maximum absolute atomic E-state index is 5.58. The molecule has 0 saturated carbocycles. The smallest absolute Gasteiger partial charge is 0.223 e. The number of aromatic nitrogens is 4. The number of nitrogen functional groups attached to an aromatic ring is 1. The zero-order valence-corrected chi connectivity index (χ0v) is 9.59. The van der Waals surface area contributed by atoms with E-state index in [1.807, 2.05) is 16.8 Å². The first-order valence-electron chi connectivity index (χ1n) is 5.30. The van der Waals surface area contributed by atoms with Crippen LogP contribution in [0.15, 0.2) is 24.8 Å². The summed E-state index contributed by atoms with van der Waals surface area (Å²) >= 11 is 0. The summed E-state index contributed by atoms with van der Waals surface area (Å²) in [5.74, 6) is 1.66. The molecule has 0 bridgehead atoms. The van der Waals surface area contributed by atoms with Crippen LogP contribution in [0.2, 0.25) is 0 Å². The molecule has 0 saturated heterocycles. The Hall–Kier alpha value is -2.31. The molecule has 17 heavy (non-hydrogen) atoms. The van der Waals surface area contributed by atoms with E-state index >= 15 is 0 Å². The Balaban J connectivity index is 1.92. The van der Waals surface area contributed by atoms with Gasteiger partial charge in [0.05, 0.1) is 6.33 Å². The highest BCUT2D eigenvalue weighted by Gasteiger charge is 2.00. The van der Waals surface area contributed by atoms with Crippen molar-refractivity contribution < 1.29 is 0 Å². The van der Waals surface area contributed by atoms with Gasteiger partial charge in [0, 0.05) is 38.6 Å². The lowest BCUT2D eigenvalue weighted by molar-refractivity contribution is 0.725. The number of rotatable bonds is 5. The van der Waals surface area contributed by atoms with Gasteiger partial charge in [-0.15, -0.1) is 0 Å². The van der Waals surface area contributed by atoms with Crippen LogP contribution in [0.5, 0.6) is 0 Å². The standard InChI is InChI=1S/C10H15N7/c1-12-8-6-9(16-10(11)15-8)14-3-5-17-4-2-13-7-17/h2,4,6-7H,3,5H2,1H3,(H4,11,12,14,15,16). The second-order valence-corrected chi connectivity index (χ2v) is 3.47. The van der Waals surface area contributed by atoms with Gasteiger partial charge in [0.1, 0.15) is 11.6 Å². The summed E-state index contributed by atoms with van der Waals surface area (Å²) in [5.41, 5.74) is 5.58. The van der Waals surface area contributed by atoms with E-state index in [-0.39, 0.29) is 5.95 Å². The SMILES string of the molecule is CNc1cc(NCCn2ccnc2)nc(N)n1. The first-order chi connectivity index (χ1) is 8.28. The molecular weight excluding hydrogens is 218 g/mol. The number of nitrogens with two attached hydrogens (primary N) is 1. The van der Waals surface area contributed by atoms with E-state index in [1.54, 1.807) is 19.6 Å². The van der Waals surface area contributed by atoms with Crippen molar-refractivity contribution in [2.75, 3.05) is 30.0 Å². The molecule has 0 atom stereocenters. The number of nitrogens with one attached hydrogen (secondary N) is 2. The fourth-order valence-electron chi connectivity index (χ4n) is 1.42. The third-order valence-electron chi connectivity index (χ3n) is 2.23. The molecule has 7 nitrogen and oxygen atoms in total. The van der Waals surface area contributed by atoms with Crippen molar-refractivity contribution >= 4 is 17.6 Å². The van der Waals surface area contributed by atoms with E-state index in [9.17, 15) is 0 Å². The van der Waals surface area contributed by atoms with Crippen LogP contribution in [0.4, 0.5) is 17.6 Å². The number of hydrogen-bond acceptors (Lipinski definition) is 6. The predicted octanol–water partition coefficient (Wildman–Crippen LogP) is 0.409. The highest BCUT2D eigenvalue weighted by Crippen LogP contribution is 2.11. The number of nitrogens with zero attached hydrogens (tertiary/aromatic N) is 4. The van der Waals surface area contributed by atoms with Gasteiger partial charge in [0.15, 0.2) is 0 Å². The predicted molar refractivity (Wildman–Crippen MR) is 66.7 cm³/mol. The van der Waals surface area contributed by atoms with Crippen LogP contribution in [-0.4, -0.2) is 33.1 Å². The van der Waals surface area contributed by atoms with Gasteiger partial charge in [-0.25, -0.2) is 4.98 Å². The van der Waals surface area contributed by atoms with Crippen LogP contribution < -0.4 is 16.4 Å². The molecule has 2 rings (SSSR count). The van der Waals surface area contributed by atoms with Gasteiger partial charge >= 0.3 is 0 Å². The van der Waals surface area contributed by atoms with Crippen LogP contribution >= 0.6 is 0 Å². The van der Waals surface area contributed by atoms with E-state index in [1.165, 1.54) is 0 Å². The van der Waals surface area contributed by atoms with Gasteiger partial charge in [-0.1, -0.05) is 0 Å². The second kappa shape index (κ2) is 5.15. The van der Waals surface area contributed by atoms with Crippen molar-refractivity contribution in [3.63, 3.8) is 0 Å². The lowest BCUT2D eigenvalue weighted by Gasteiger charge is -2.08. The molecule has 0 fully saturated rings. The molecule has 0 aromatic carbocycles. The third-order valence-corrected chi connectivity index (χ3v) is 2.23. The van der Waals surface area contributed by atoms with Gasteiger partial charge in [-0.05, 0) is 0 Å². The molecule has 0 spiro atoms. The largest absolute Gasteiger partial charge is 0.373 e. The number of hydrogen-bond donors (Lipinski definition) is 3. The number of imidazole rings is 1. The molecule has 0 aliphatic heterocycles. The minimum absolute atomic E-state index is 0.252. The van der Waals surface area contributed by atoms with Crippen LogP contribution in [0.3, 0.4) is 0 Å². The molecule has 0 unspecified atom stereocenters. The monoisotopic (exact) mass is 233 g/mol. The summed E-state index contributed by atoms with van der Waals surface area (Å²) < 4.78 is 1.98. The molecular formula is C10H15N7. The molecule has 7 heteroatoms. The number of anilines is 3. The fraction of sp³-hybridized carbons (Fsp3) is 0.300. The van der Waals surface area contributed by atoms with E-state index in [0.29, 0.717) is 11.6 Å². The third kappa shape index (κ3) is 3.07. The van der Waals surface area contributed by atoms with Crippen LogP contribution in [0, 0.1) is 0 Å². The molecule has 2 aromatic heterocycles. The molecule has 2 heterocycles. The van der Waals surface area contributed by atoms with Gasteiger partial charge in [0.25, 0.3) is 0 Å². The van der Waals surface area contributed by atoms with Crippen molar-refractivity contribution in [2.45, 2.75) is 6.54 Å². The fourth-order valence-corrected chi connectivity index (χ4v) is 1.42. The second-order valence-electron chi connectivity index (χ2n) is 3.47. The van der Waals surface area contributed by atoms with Crippen LogP contribution in [0.25, 0.3) is 0 Å². The topological polar surface area (TPSA) is 93.7 Å². The Kier molecular flexibility index (Phi) is 3.39. The summed E-state index contributed by atoms with van der Waals surface area (Å²) in [5, 5.41) is 6.10. The van der Waals surface area contributed by atoms with Crippen molar-refractivity contribution in [3.8, 4) is 0 Å². The minimum atomic E-state index is 0.252. The summed E-state index contributed by atoms with van der Waals surface area (Å²) in [4.78, 5) is 12.1. The van der Waals surface area contributed by atoms with Crippen molar-refractivity contribution in [3.05, 3.63) is 24.8 Å². The lowest BCUT2D eigenvalue weighted by atomic mass is 10.5. The highest BCUT2D eigenvalue weighted by molar-refractivity contribution is 5.50. The summed E-state index contributed by atoms with van der Waals surface area (Å²) in [6.45, 7) is 1.56. The van der Waals surface area contributed by atoms with Crippen molar-refractivity contribution in [1.82, 2.24) is 19.5 Å². The average Bonchev–Trinajstić information content (AvgIpc) is 2.81. The Morgan fingerprint density at radius 2 is 2.18 bits per heavy atom. The van der Waals surface area contributed by atoms with E-state index in [2.05, 4.69) is 25.6 Å². The first kappa shape index (κ1) is 11.2. The van der Waals surface area contributed by atoms with E-state index in [4.69, 9.17) is 5.73 Å². The average molecular weight is 233 g/mol. The normalized spacial score (nSPS) is 10.2. The van der Waals surface area contributed by atoms with Crippen LogP contribution in [-0.2, 0) is 6.54 Å². The Labute approximate surface area is 99.1 Å². The molecule has 2 aromatic rings. The van der Waals surface area contributed by atoms with Gasteiger partial charge in [-0.3, -0.25) is 0 Å². The molecule has 0 radical (unpaired) electrons. The zero-order valence-electron chi connectivity index (χ0n) is 9.59. The Morgan fingerprint density at radius 3 is 2.88 bits per heavy atom. The first-order valence-corrected chi connectivity index (χ1v) is 5.30. The Morgan fingerprint density at radius 1 is 1.35 bits per heavy atom. The lowest BCUT2D eigenvalue weighted by Crippen LogP contribution is -2.11. The molecule has 0 aliphatic rings. The van der Waals surface area contributed by atoms with Crippen molar-refractivity contribution in [2.24, 2.45) is 0 Å². The Bertz CT molecular complexity index is 466. The highest BCUT2D eigenvalue weighted by atomic mass is 15.1. The minimum Gasteiger partial charge on any atom is -0.373 e. The van der Waals surface area contributed by atoms with Crippen LogP contribution in [0.1, 0.15) is 0 Å². The zero-order chi connectivity index (χ0) is 12.1. The molecule has 0 amide bonds.